The zero-order chi connectivity index (χ0) is 20.8. The van der Waals surface area contributed by atoms with E-state index in [1.54, 1.807) is 49.6 Å². The Balaban J connectivity index is 1.74. The van der Waals surface area contributed by atoms with Gasteiger partial charge < -0.3 is 13.6 Å². The summed E-state index contributed by atoms with van der Waals surface area (Å²) in [6, 6.07) is 12.1. The number of methoxy groups -OCH3 is 1. The number of aromatic nitrogens is 1. The largest absolute Gasteiger partial charge is 0.497 e. The predicted octanol–water partition coefficient (Wildman–Crippen LogP) is 5.01. The number of thiazole rings is 1. The minimum absolute atomic E-state index is 0.166. The Morgan fingerprint density at radius 2 is 1.80 bits per heavy atom. The molecule has 3 heterocycles. The lowest BCUT2D eigenvalue weighted by Crippen LogP contribution is -2.06. The molecule has 30 heavy (non-hydrogen) atoms. The summed E-state index contributed by atoms with van der Waals surface area (Å²) in [4.78, 5) is 30.0. The van der Waals surface area contributed by atoms with Crippen LogP contribution in [0.5, 0.6) is 5.75 Å². The fourth-order valence-corrected chi connectivity index (χ4v) is 4.18. The SMILES string of the molecule is COc1ccc(-c2coc3c(ccc4oc(=O)c(-c5nc(C)cs5)cc43)c2=O)cc1. The maximum atomic E-state index is 13.2. The molecule has 0 unspecified atom stereocenters. The van der Waals surface area contributed by atoms with E-state index < -0.39 is 5.63 Å². The fourth-order valence-electron chi connectivity index (χ4n) is 3.38. The van der Waals surface area contributed by atoms with Crippen molar-refractivity contribution in [2.75, 3.05) is 7.11 Å². The first-order chi connectivity index (χ1) is 14.5. The van der Waals surface area contributed by atoms with E-state index in [-0.39, 0.29) is 5.43 Å². The second-order valence-corrected chi connectivity index (χ2v) is 7.66. The Morgan fingerprint density at radius 1 is 1.00 bits per heavy atom. The van der Waals surface area contributed by atoms with Crippen LogP contribution in [0.4, 0.5) is 0 Å². The Bertz CT molecular complexity index is 1530. The number of benzene rings is 2. The zero-order valence-electron chi connectivity index (χ0n) is 16.1. The lowest BCUT2D eigenvalue weighted by atomic mass is 10.0. The van der Waals surface area contributed by atoms with Crippen molar-refractivity contribution in [2.24, 2.45) is 0 Å². The molecular weight excluding hydrogens is 402 g/mol. The molecule has 6 nitrogen and oxygen atoms in total. The standard InChI is InChI=1S/C23H15NO5S/c1-12-11-30-22(24-12)17-9-16-19(29-23(17)26)8-7-15-20(25)18(10-28-21(15)16)13-3-5-14(27-2)6-4-13/h3-11H,1-2H3. The summed E-state index contributed by atoms with van der Waals surface area (Å²) in [7, 11) is 1.59. The van der Waals surface area contributed by atoms with Gasteiger partial charge in [0.25, 0.3) is 0 Å². The maximum absolute atomic E-state index is 13.2. The molecule has 0 saturated carbocycles. The third-order valence-corrected chi connectivity index (χ3v) is 5.90. The van der Waals surface area contributed by atoms with Crippen LogP contribution in [0.2, 0.25) is 0 Å². The minimum Gasteiger partial charge on any atom is -0.497 e. The molecule has 7 heteroatoms. The number of aryl methyl sites for hydroxylation is 1. The molecule has 0 aliphatic rings. The van der Waals surface area contributed by atoms with Gasteiger partial charge in [0.15, 0.2) is 0 Å². The van der Waals surface area contributed by atoms with Gasteiger partial charge in [-0.25, -0.2) is 9.78 Å². The van der Waals surface area contributed by atoms with Crippen LogP contribution in [-0.2, 0) is 0 Å². The van der Waals surface area contributed by atoms with Gasteiger partial charge in [-0.1, -0.05) is 12.1 Å². The van der Waals surface area contributed by atoms with Crippen molar-refractivity contribution >= 4 is 33.3 Å². The molecule has 0 radical (unpaired) electrons. The molecule has 0 saturated heterocycles. The van der Waals surface area contributed by atoms with Gasteiger partial charge >= 0.3 is 5.63 Å². The van der Waals surface area contributed by atoms with Crippen molar-refractivity contribution in [3.05, 3.63) is 80.4 Å². The Labute approximate surface area is 174 Å². The second-order valence-electron chi connectivity index (χ2n) is 6.80. The van der Waals surface area contributed by atoms with Crippen molar-refractivity contribution in [3.8, 4) is 27.4 Å². The van der Waals surface area contributed by atoms with E-state index in [9.17, 15) is 9.59 Å². The molecule has 0 bridgehead atoms. The molecular formula is C23H15NO5S. The smallest absolute Gasteiger partial charge is 0.346 e. The Morgan fingerprint density at radius 3 is 2.50 bits per heavy atom. The second kappa shape index (κ2) is 6.96. The molecule has 148 valence electrons. The molecule has 0 fully saturated rings. The normalized spacial score (nSPS) is 11.3. The first kappa shape index (κ1) is 18.3. The molecule has 0 aliphatic heterocycles. The summed E-state index contributed by atoms with van der Waals surface area (Å²) in [5, 5.41) is 3.39. The zero-order valence-corrected chi connectivity index (χ0v) is 16.9. The van der Waals surface area contributed by atoms with E-state index in [1.165, 1.54) is 17.6 Å². The van der Waals surface area contributed by atoms with Crippen LogP contribution in [0, 0.1) is 6.92 Å². The van der Waals surface area contributed by atoms with Gasteiger partial charge in [-0.3, -0.25) is 4.79 Å². The van der Waals surface area contributed by atoms with Crippen LogP contribution >= 0.6 is 11.3 Å². The number of hydrogen-bond acceptors (Lipinski definition) is 7. The summed E-state index contributed by atoms with van der Waals surface area (Å²) in [6.45, 7) is 1.86. The first-order valence-electron chi connectivity index (χ1n) is 9.14. The molecule has 5 rings (SSSR count). The molecule has 5 aromatic rings. The molecule has 0 spiro atoms. The number of nitrogens with zero attached hydrogens (tertiary/aromatic N) is 1. The van der Waals surface area contributed by atoms with Crippen LogP contribution in [0.25, 0.3) is 43.6 Å². The number of ether oxygens (including phenoxy) is 1. The van der Waals surface area contributed by atoms with Crippen LogP contribution in [-0.4, -0.2) is 12.1 Å². The molecule has 0 N–H and O–H groups in total. The first-order valence-corrected chi connectivity index (χ1v) is 10.0. The summed E-state index contributed by atoms with van der Waals surface area (Å²) in [6.07, 6.45) is 1.43. The fraction of sp³-hybridized carbons (Fsp3) is 0.0870. The van der Waals surface area contributed by atoms with E-state index in [4.69, 9.17) is 13.6 Å². The van der Waals surface area contributed by atoms with Crippen LogP contribution in [0.3, 0.4) is 0 Å². The van der Waals surface area contributed by atoms with Gasteiger partial charge in [-0.15, -0.1) is 11.3 Å². The minimum atomic E-state index is -0.478. The maximum Gasteiger partial charge on any atom is 0.346 e. The summed E-state index contributed by atoms with van der Waals surface area (Å²) < 4.78 is 16.5. The topological polar surface area (TPSA) is 82.5 Å². The molecule has 3 aromatic heterocycles. The van der Waals surface area contributed by atoms with Crippen molar-refractivity contribution in [1.82, 2.24) is 4.98 Å². The predicted molar refractivity (Wildman–Crippen MR) is 116 cm³/mol. The monoisotopic (exact) mass is 417 g/mol. The average molecular weight is 417 g/mol. The lowest BCUT2D eigenvalue weighted by Gasteiger charge is -2.06. The number of hydrogen-bond donors (Lipinski definition) is 0. The van der Waals surface area contributed by atoms with E-state index in [1.807, 2.05) is 12.3 Å². The quantitative estimate of drug-likeness (QED) is 0.303. The van der Waals surface area contributed by atoms with E-state index in [2.05, 4.69) is 4.98 Å². The summed E-state index contributed by atoms with van der Waals surface area (Å²) in [5.74, 6) is 0.704. The molecule has 2 aromatic carbocycles. The summed E-state index contributed by atoms with van der Waals surface area (Å²) in [5.41, 5.74) is 2.41. The van der Waals surface area contributed by atoms with E-state index in [0.29, 0.717) is 43.8 Å². The van der Waals surface area contributed by atoms with Crippen molar-refractivity contribution in [1.29, 1.82) is 0 Å². The van der Waals surface area contributed by atoms with Gasteiger partial charge in [0.05, 0.1) is 29.0 Å². The molecule has 0 atom stereocenters. The highest BCUT2D eigenvalue weighted by Crippen LogP contribution is 2.30. The van der Waals surface area contributed by atoms with Gasteiger partial charge in [-0.2, -0.15) is 0 Å². The van der Waals surface area contributed by atoms with Crippen molar-refractivity contribution in [3.63, 3.8) is 0 Å². The Kier molecular flexibility index (Phi) is 4.25. The molecule has 0 aliphatic carbocycles. The van der Waals surface area contributed by atoms with Gasteiger partial charge in [0.2, 0.25) is 5.43 Å². The van der Waals surface area contributed by atoms with E-state index >= 15 is 0 Å². The third kappa shape index (κ3) is 2.91. The van der Waals surface area contributed by atoms with Gasteiger partial charge in [0.1, 0.15) is 28.2 Å². The average Bonchev–Trinajstić information content (AvgIpc) is 3.19. The van der Waals surface area contributed by atoms with Gasteiger partial charge in [-0.05, 0) is 42.8 Å². The lowest BCUT2D eigenvalue weighted by molar-refractivity contribution is 0.415. The van der Waals surface area contributed by atoms with Crippen LogP contribution in [0.1, 0.15) is 5.69 Å². The van der Waals surface area contributed by atoms with E-state index in [0.717, 1.165) is 11.3 Å². The van der Waals surface area contributed by atoms with Crippen LogP contribution in [0.15, 0.2) is 72.5 Å². The van der Waals surface area contributed by atoms with Crippen molar-refractivity contribution in [2.45, 2.75) is 6.92 Å². The van der Waals surface area contributed by atoms with Crippen molar-refractivity contribution < 1.29 is 13.6 Å². The number of fused-ring (bicyclic) bond motifs is 3. The third-order valence-electron chi connectivity index (χ3n) is 4.90. The Hall–Kier alpha value is -3.71. The highest BCUT2D eigenvalue weighted by molar-refractivity contribution is 7.13. The number of rotatable bonds is 3. The highest BCUT2D eigenvalue weighted by atomic mass is 32.1. The van der Waals surface area contributed by atoms with Gasteiger partial charge in [0, 0.05) is 11.1 Å². The summed E-state index contributed by atoms with van der Waals surface area (Å²) >= 11 is 1.36. The van der Waals surface area contributed by atoms with Crippen LogP contribution < -0.4 is 15.8 Å². The molecule has 0 amide bonds. The highest BCUT2D eigenvalue weighted by Gasteiger charge is 2.16.